The van der Waals surface area contributed by atoms with E-state index in [4.69, 9.17) is 5.73 Å². The molecule has 1 heterocycles. The predicted molar refractivity (Wildman–Crippen MR) is 133 cm³/mol. The molecule has 7 heteroatoms. The van der Waals surface area contributed by atoms with Crippen molar-refractivity contribution in [1.82, 2.24) is 9.88 Å². The first-order valence-corrected chi connectivity index (χ1v) is 11.7. The molecule has 4 rings (SSSR count). The normalized spacial score (nSPS) is 13.1. The van der Waals surface area contributed by atoms with E-state index in [-0.39, 0.29) is 25.4 Å². The smallest absolute Gasteiger partial charge is 0.256 e. The second-order valence-electron chi connectivity index (χ2n) is 8.82. The van der Waals surface area contributed by atoms with Crippen LogP contribution in [0.1, 0.15) is 34.0 Å². The minimum Gasteiger partial charge on any atom is -0.390 e. The molecule has 2 atom stereocenters. The highest BCUT2D eigenvalue weighted by Gasteiger charge is 2.25. The van der Waals surface area contributed by atoms with Crippen molar-refractivity contribution in [3.63, 3.8) is 0 Å². The van der Waals surface area contributed by atoms with Gasteiger partial charge in [0.25, 0.3) is 5.91 Å². The van der Waals surface area contributed by atoms with E-state index in [2.05, 4.69) is 11.9 Å². The summed E-state index contributed by atoms with van der Waals surface area (Å²) in [6, 6.07) is 17.7. The third-order valence-corrected chi connectivity index (χ3v) is 6.17. The summed E-state index contributed by atoms with van der Waals surface area (Å²) in [5.41, 5.74) is 9.85. The van der Waals surface area contributed by atoms with Crippen LogP contribution in [-0.4, -0.2) is 39.6 Å². The average molecular weight is 478 g/mol. The van der Waals surface area contributed by atoms with Crippen LogP contribution >= 0.6 is 0 Å². The number of aromatic amines is 1. The van der Waals surface area contributed by atoms with Crippen molar-refractivity contribution in [1.29, 1.82) is 0 Å². The number of aromatic nitrogens is 1. The van der Waals surface area contributed by atoms with Crippen molar-refractivity contribution in [3.05, 3.63) is 107 Å². The number of aryl methyl sites for hydroxylation is 1. The van der Waals surface area contributed by atoms with Crippen LogP contribution in [0.25, 0.3) is 10.9 Å². The lowest BCUT2D eigenvalue weighted by Gasteiger charge is -2.29. The quantitative estimate of drug-likeness (QED) is 0.330. The first-order valence-electron chi connectivity index (χ1n) is 11.7. The van der Waals surface area contributed by atoms with E-state index in [0.29, 0.717) is 11.1 Å². The van der Waals surface area contributed by atoms with E-state index in [1.807, 2.05) is 42.5 Å². The number of amides is 1. The summed E-state index contributed by atoms with van der Waals surface area (Å²) in [5.74, 6) is -1.65. The molecule has 1 amide bonds. The Morgan fingerprint density at radius 2 is 1.71 bits per heavy atom. The van der Waals surface area contributed by atoms with Crippen LogP contribution in [0, 0.1) is 11.6 Å². The van der Waals surface area contributed by atoms with Gasteiger partial charge in [-0.2, -0.15) is 0 Å². The van der Waals surface area contributed by atoms with E-state index < -0.39 is 23.8 Å². The highest BCUT2D eigenvalue weighted by atomic mass is 19.1. The fraction of sp³-hybridized carbons (Fsp3) is 0.250. The van der Waals surface area contributed by atoms with Crippen LogP contribution in [0.15, 0.2) is 72.9 Å². The summed E-state index contributed by atoms with van der Waals surface area (Å²) in [6.45, 7) is 2.30. The monoisotopic (exact) mass is 477 g/mol. The highest BCUT2D eigenvalue weighted by Crippen LogP contribution is 2.21. The second-order valence-corrected chi connectivity index (χ2v) is 8.82. The molecular formula is C28H29F2N3O2. The Kier molecular flexibility index (Phi) is 7.58. The van der Waals surface area contributed by atoms with Crippen molar-refractivity contribution < 1.29 is 18.7 Å². The summed E-state index contributed by atoms with van der Waals surface area (Å²) < 4.78 is 27.2. The molecule has 0 aliphatic rings. The van der Waals surface area contributed by atoms with Crippen LogP contribution in [0.4, 0.5) is 8.78 Å². The van der Waals surface area contributed by atoms with Gasteiger partial charge >= 0.3 is 0 Å². The largest absolute Gasteiger partial charge is 0.390 e. The maximum atomic E-state index is 13.7. The van der Waals surface area contributed by atoms with E-state index in [1.165, 1.54) is 12.1 Å². The van der Waals surface area contributed by atoms with Gasteiger partial charge < -0.3 is 20.7 Å². The SMILES string of the molecule is CCc1cccc(CN(C[C@@H](O)[C@@H](N)Cc2cc(F)cc(F)c2)C(=O)c2cccc3cc[nH]c23)c1. The Labute approximate surface area is 203 Å². The minimum atomic E-state index is -1.11. The molecule has 0 fully saturated rings. The van der Waals surface area contributed by atoms with Crippen LogP contribution in [0.2, 0.25) is 0 Å². The lowest BCUT2D eigenvalue weighted by Crippen LogP contribution is -2.46. The molecule has 1 aromatic heterocycles. The van der Waals surface area contributed by atoms with Gasteiger partial charge in [-0.25, -0.2) is 8.78 Å². The number of carbonyl (C=O) groups is 1. The molecule has 0 radical (unpaired) electrons. The minimum absolute atomic E-state index is 0.0365. The lowest BCUT2D eigenvalue weighted by atomic mass is 10.0. The number of nitrogens with two attached hydrogens (primary N) is 1. The number of fused-ring (bicyclic) bond motifs is 1. The maximum absolute atomic E-state index is 13.7. The third-order valence-electron chi connectivity index (χ3n) is 6.17. The Balaban J connectivity index is 1.59. The molecular weight excluding hydrogens is 448 g/mol. The average Bonchev–Trinajstić information content (AvgIpc) is 3.31. The third kappa shape index (κ3) is 5.93. The number of nitrogens with one attached hydrogen (secondary N) is 1. The van der Waals surface area contributed by atoms with Gasteiger partial charge in [0, 0.05) is 36.8 Å². The predicted octanol–water partition coefficient (Wildman–Crippen LogP) is 4.58. The number of halogens is 2. The van der Waals surface area contributed by atoms with E-state index in [0.717, 1.165) is 34.5 Å². The van der Waals surface area contributed by atoms with Gasteiger partial charge in [-0.1, -0.05) is 43.3 Å². The number of rotatable bonds is 9. The Morgan fingerprint density at radius 3 is 2.46 bits per heavy atom. The molecule has 35 heavy (non-hydrogen) atoms. The van der Waals surface area contributed by atoms with E-state index >= 15 is 0 Å². The number of hydrogen-bond donors (Lipinski definition) is 3. The maximum Gasteiger partial charge on any atom is 0.256 e. The summed E-state index contributed by atoms with van der Waals surface area (Å²) in [6.07, 6.45) is 1.60. The number of para-hydroxylation sites is 1. The number of aliphatic hydroxyl groups excluding tert-OH is 1. The first kappa shape index (κ1) is 24.6. The van der Waals surface area contributed by atoms with Gasteiger partial charge in [-0.05, 0) is 53.8 Å². The molecule has 182 valence electrons. The Morgan fingerprint density at radius 1 is 1.00 bits per heavy atom. The van der Waals surface area contributed by atoms with Gasteiger partial charge in [0.05, 0.1) is 17.2 Å². The molecule has 0 unspecified atom stereocenters. The number of hydrogen-bond acceptors (Lipinski definition) is 3. The van der Waals surface area contributed by atoms with Crippen LogP contribution < -0.4 is 5.73 Å². The van der Waals surface area contributed by atoms with Crippen molar-refractivity contribution in [2.45, 2.75) is 38.5 Å². The summed E-state index contributed by atoms with van der Waals surface area (Å²) in [5, 5.41) is 11.8. The highest BCUT2D eigenvalue weighted by molar-refractivity contribution is 6.05. The molecule has 0 spiro atoms. The van der Waals surface area contributed by atoms with Crippen LogP contribution in [0.5, 0.6) is 0 Å². The Bertz CT molecular complexity index is 1300. The van der Waals surface area contributed by atoms with E-state index in [1.54, 1.807) is 17.2 Å². The zero-order valence-corrected chi connectivity index (χ0v) is 19.5. The molecule has 4 aromatic rings. The zero-order chi connectivity index (χ0) is 24.9. The molecule has 0 bridgehead atoms. The van der Waals surface area contributed by atoms with Crippen molar-refractivity contribution in [3.8, 4) is 0 Å². The number of nitrogens with zero attached hydrogens (tertiary/aromatic N) is 1. The summed E-state index contributed by atoms with van der Waals surface area (Å²) in [4.78, 5) is 18.4. The molecule has 0 aliphatic carbocycles. The van der Waals surface area contributed by atoms with Crippen molar-refractivity contribution in [2.75, 3.05) is 6.54 Å². The Hall–Kier alpha value is -3.55. The second kappa shape index (κ2) is 10.8. The van der Waals surface area contributed by atoms with Crippen molar-refractivity contribution in [2.24, 2.45) is 5.73 Å². The lowest BCUT2D eigenvalue weighted by molar-refractivity contribution is 0.0556. The first-order chi connectivity index (χ1) is 16.8. The molecule has 4 N–H and O–H groups in total. The number of H-pyrrole nitrogens is 1. The van der Waals surface area contributed by atoms with E-state index in [9.17, 15) is 18.7 Å². The molecule has 0 saturated carbocycles. The van der Waals surface area contributed by atoms with Gasteiger partial charge in [0.15, 0.2) is 0 Å². The standard InChI is InChI=1S/C28H29F2N3O2/c1-2-18-5-3-6-19(11-18)16-33(28(35)24-8-4-7-21-9-10-32-27(21)24)17-26(34)25(31)14-20-12-22(29)15-23(30)13-20/h3-13,15,25-26,32,34H,2,14,16-17,31H2,1H3/t25-,26+/m0/s1. The molecule has 0 aliphatic heterocycles. The number of benzene rings is 3. The molecule has 0 saturated heterocycles. The fourth-order valence-electron chi connectivity index (χ4n) is 4.32. The summed E-state index contributed by atoms with van der Waals surface area (Å²) in [7, 11) is 0. The van der Waals surface area contributed by atoms with Crippen LogP contribution in [0.3, 0.4) is 0 Å². The molecule has 3 aromatic carbocycles. The number of carbonyl (C=O) groups excluding carboxylic acids is 1. The molecule has 5 nitrogen and oxygen atoms in total. The van der Waals surface area contributed by atoms with Crippen molar-refractivity contribution >= 4 is 16.8 Å². The van der Waals surface area contributed by atoms with Gasteiger partial charge in [0.1, 0.15) is 11.6 Å². The van der Waals surface area contributed by atoms with Gasteiger partial charge in [-0.3, -0.25) is 4.79 Å². The topological polar surface area (TPSA) is 82.3 Å². The van der Waals surface area contributed by atoms with Crippen LogP contribution in [-0.2, 0) is 19.4 Å². The summed E-state index contributed by atoms with van der Waals surface area (Å²) >= 11 is 0. The van der Waals surface area contributed by atoms with Gasteiger partial charge in [-0.15, -0.1) is 0 Å². The van der Waals surface area contributed by atoms with Gasteiger partial charge in [0.2, 0.25) is 0 Å². The zero-order valence-electron chi connectivity index (χ0n) is 19.5. The fourth-order valence-corrected chi connectivity index (χ4v) is 4.32. The number of aliphatic hydroxyl groups is 1.